The summed E-state index contributed by atoms with van der Waals surface area (Å²) in [6.07, 6.45) is 1.14. The zero-order chi connectivity index (χ0) is 12.8. The highest BCUT2D eigenvalue weighted by Gasteiger charge is 2.04. The fourth-order valence-corrected chi connectivity index (χ4v) is 2.06. The molecule has 0 fully saturated rings. The Balaban J connectivity index is 1.69. The molecule has 2 nitrogen and oxygen atoms in total. The monoisotopic (exact) mass is 243 g/mol. The summed E-state index contributed by atoms with van der Waals surface area (Å²) in [4.78, 5) is 0. The van der Waals surface area contributed by atoms with E-state index in [9.17, 15) is 0 Å². The third kappa shape index (κ3) is 3.74. The predicted octanol–water partition coefficient (Wildman–Crippen LogP) is 3.87. The van der Waals surface area contributed by atoms with Crippen LogP contribution in [0.5, 0.6) is 0 Å². The van der Waals surface area contributed by atoms with Crippen molar-refractivity contribution in [3.05, 3.63) is 59.5 Å². The Kier molecular flexibility index (Phi) is 4.59. The van der Waals surface area contributed by atoms with Gasteiger partial charge in [0.25, 0.3) is 0 Å². The molecule has 1 heterocycles. The second-order valence-electron chi connectivity index (χ2n) is 4.79. The molecule has 0 saturated heterocycles. The van der Waals surface area contributed by atoms with Gasteiger partial charge in [-0.05, 0) is 43.5 Å². The number of aryl methyl sites for hydroxylation is 1. The second kappa shape index (κ2) is 6.41. The van der Waals surface area contributed by atoms with Gasteiger partial charge in [0.15, 0.2) is 0 Å². The van der Waals surface area contributed by atoms with Crippen molar-refractivity contribution in [1.82, 2.24) is 5.32 Å². The van der Waals surface area contributed by atoms with Crippen molar-refractivity contribution in [2.75, 3.05) is 6.54 Å². The molecular weight excluding hydrogens is 222 g/mol. The molecule has 0 radical (unpaired) electrons. The Morgan fingerprint density at radius 1 is 1.11 bits per heavy atom. The summed E-state index contributed by atoms with van der Waals surface area (Å²) in [5.74, 6) is 2.58. The second-order valence-corrected chi connectivity index (χ2v) is 4.79. The highest BCUT2D eigenvalue weighted by molar-refractivity contribution is 5.18. The molecule has 2 aromatic rings. The van der Waals surface area contributed by atoms with Gasteiger partial charge in [0.2, 0.25) is 0 Å². The van der Waals surface area contributed by atoms with E-state index < -0.39 is 0 Å². The van der Waals surface area contributed by atoms with E-state index in [-0.39, 0.29) is 0 Å². The number of hydrogen-bond acceptors (Lipinski definition) is 2. The van der Waals surface area contributed by atoms with Crippen LogP contribution >= 0.6 is 0 Å². The zero-order valence-corrected chi connectivity index (χ0v) is 11.1. The lowest BCUT2D eigenvalue weighted by atomic mass is 9.98. The van der Waals surface area contributed by atoms with Gasteiger partial charge >= 0.3 is 0 Å². The SMILES string of the molecule is Cc1ccc(CNCCC(C)c2ccccc2)o1. The van der Waals surface area contributed by atoms with Crippen molar-refractivity contribution < 1.29 is 4.42 Å². The fourth-order valence-electron chi connectivity index (χ4n) is 2.06. The summed E-state index contributed by atoms with van der Waals surface area (Å²) in [7, 11) is 0. The van der Waals surface area contributed by atoms with Gasteiger partial charge in [0.05, 0.1) is 6.54 Å². The molecule has 1 aromatic heterocycles. The molecule has 1 N–H and O–H groups in total. The van der Waals surface area contributed by atoms with Gasteiger partial charge in [0.1, 0.15) is 11.5 Å². The van der Waals surface area contributed by atoms with E-state index in [0.29, 0.717) is 5.92 Å². The Morgan fingerprint density at radius 3 is 2.56 bits per heavy atom. The first kappa shape index (κ1) is 12.9. The number of rotatable bonds is 6. The molecule has 96 valence electrons. The van der Waals surface area contributed by atoms with Gasteiger partial charge in [-0.2, -0.15) is 0 Å². The lowest BCUT2D eigenvalue weighted by Crippen LogP contribution is -2.16. The lowest BCUT2D eigenvalue weighted by Gasteiger charge is -2.11. The van der Waals surface area contributed by atoms with E-state index in [1.54, 1.807) is 0 Å². The number of hydrogen-bond donors (Lipinski definition) is 1. The standard InChI is InChI=1S/C16H21NO/c1-13(15-6-4-3-5-7-15)10-11-17-12-16-9-8-14(2)18-16/h3-9,13,17H,10-12H2,1-2H3. The summed E-state index contributed by atoms with van der Waals surface area (Å²) in [6, 6.07) is 14.7. The molecule has 0 bridgehead atoms. The van der Waals surface area contributed by atoms with Gasteiger partial charge in [0, 0.05) is 0 Å². The minimum Gasteiger partial charge on any atom is -0.465 e. The molecule has 0 aliphatic heterocycles. The molecule has 1 aromatic carbocycles. The van der Waals surface area contributed by atoms with Crippen LogP contribution in [-0.4, -0.2) is 6.54 Å². The first-order valence-corrected chi connectivity index (χ1v) is 6.56. The topological polar surface area (TPSA) is 25.2 Å². The minimum atomic E-state index is 0.594. The number of benzene rings is 1. The van der Waals surface area contributed by atoms with Crippen molar-refractivity contribution in [3.8, 4) is 0 Å². The van der Waals surface area contributed by atoms with E-state index in [1.807, 2.05) is 19.1 Å². The van der Waals surface area contributed by atoms with Crippen molar-refractivity contribution in [3.63, 3.8) is 0 Å². The predicted molar refractivity (Wildman–Crippen MR) is 74.6 cm³/mol. The van der Waals surface area contributed by atoms with Gasteiger partial charge in [-0.1, -0.05) is 37.3 Å². The van der Waals surface area contributed by atoms with Crippen LogP contribution in [0.3, 0.4) is 0 Å². The molecule has 18 heavy (non-hydrogen) atoms. The van der Waals surface area contributed by atoms with Crippen molar-refractivity contribution in [2.24, 2.45) is 0 Å². The molecule has 1 unspecified atom stereocenters. The molecule has 0 spiro atoms. The maximum atomic E-state index is 5.51. The van der Waals surface area contributed by atoms with Crippen molar-refractivity contribution in [1.29, 1.82) is 0 Å². The van der Waals surface area contributed by atoms with Gasteiger partial charge in [-0.25, -0.2) is 0 Å². The number of nitrogens with one attached hydrogen (secondary N) is 1. The molecule has 0 aliphatic carbocycles. The largest absolute Gasteiger partial charge is 0.465 e. The smallest absolute Gasteiger partial charge is 0.117 e. The zero-order valence-electron chi connectivity index (χ0n) is 11.1. The first-order chi connectivity index (χ1) is 8.75. The molecule has 1 atom stereocenters. The highest BCUT2D eigenvalue weighted by Crippen LogP contribution is 2.17. The average Bonchev–Trinajstić information content (AvgIpc) is 2.81. The summed E-state index contributed by atoms with van der Waals surface area (Å²) in [5.41, 5.74) is 1.41. The van der Waals surface area contributed by atoms with Crippen LogP contribution in [-0.2, 0) is 6.54 Å². The van der Waals surface area contributed by atoms with E-state index in [1.165, 1.54) is 5.56 Å². The Bertz CT molecular complexity index is 461. The van der Waals surface area contributed by atoms with Gasteiger partial charge in [-0.3, -0.25) is 0 Å². The van der Waals surface area contributed by atoms with E-state index in [4.69, 9.17) is 4.42 Å². The average molecular weight is 243 g/mol. The minimum absolute atomic E-state index is 0.594. The highest BCUT2D eigenvalue weighted by atomic mass is 16.3. The molecule has 0 saturated carbocycles. The summed E-state index contributed by atoms with van der Waals surface area (Å²) < 4.78 is 5.51. The van der Waals surface area contributed by atoms with Crippen LogP contribution in [0.4, 0.5) is 0 Å². The summed E-state index contributed by atoms with van der Waals surface area (Å²) in [5, 5.41) is 3.42. The van der Waals surface area contributed by atoms with Crippen molar-refractivity contribution >= 4 is 0 Å². The Morgan fingerprint density at radius 2 is 1.89 bits per heavy atom. The third-order valence-corrected chi connectivity index (χ3v) is 3.22. The van der Waals surface area contributed by atoms with E-state index in [0.717, 1.165) is 31.0 Å². The fraction of sp³-hybridized carbons (Fsp3) is 0.375. The quantitative estimate of drug-likeness (QED) is 0.779. The lowest BCUT2D eigenvalue weighted by molar-refractivity contribution is 0.457. The Labute approximate surface area is 109 Å². The normalized spacial score (nSPS) is 12.6. The van der Waals surface area contributed by atoms with Gasteiger partial charge in [-0.15, -0.1) is 0 Å². The van der Waals surface area contributed by atoms with Crippen LogP contribution in [0.25, 0.3) is 0 Å². The Hall–Kier alpha value is -1.54. The van der Waals surface area contributed by atoms with Crippen molar-refractivity contribution in [2.45, 2.75) is 32.7 Å². The molecule has 0 amide bonds. The number of furan rings is 1. The van der Waals surface area contributed by atoms with Crippen LogP contribution < -0.4 is 5.32 Å². The van der Waals surface area contributed by atoms with Crippen LogP contribution in [0.15, 0.2) is 46.9 Å². The van der Waals surface area contributed by atoms with Gasteiger partial charge < -0.3 is 9.73 Å². The van der Waals surface area contributed by atoms with E-state index >= 15 is 0 Å². The van der Waals surface area contributed by atoms with E-state index in [2.05, 4.69) is 42.6 Å². The third-order valence-electron chi connectivity index (χ3n) is 3.22. The maximum Gasteiger partial charge on any atom is 0.117 e. The maximum absolute atomic E-state index is 5.51. The van der Waals surface area contributed by atoms with Crippen LogP contribution in [0, 0.1) is 6.92 Å². The molecule has 0 aliphatic rings. The molecular formula is C16H21NO. The molecule has 2 rings (SSSR count). The van der Waals surface area contributed by atoms with Crippen LogP contribution in [0.1, 0.15) is 36.3 Å². The summed E-state index contributed by atoms with van der Waals surface area (Å²) in [6.45, 7) is 6.07. The first-order valence-electron chi connectivity index (χ1n) is 6.56. The molecule has 2 heteroatoms. The van der Waals surface area contributed by atoms with Crippen LogP contribution in [0.2, 0.25) is 0 Å². The summed E-state index contributed by atoms with van der Waals surface area (Å²) >= 11 is 0.